The van der Waals surface area contributed by atoms with Gasteiger partial charge in [0.05, 0.1) is 17.9 Å². The molecule has 0 aromatic rings. The molecule has 0 spiro atoms. The van der Waals surface area contributed by atoms with Crippen molar-refractivity contribution >= 4 is 11.9 Å². The minimum atomic E-state index is -0.568. The summed E-state index contributed by atoms with van der Waals surface area (Å²) < 4.78 is 4.87. The molecule has 0 radical (unpaired) electrons. The molecule has 0 saturated carbocycles. The zero-order valence-electron chi connectivity index (χ0n) is 13.5. The molecule has 0 amide bonds. The van der Waals surface area contributed by atoms with Gasteiger partial charge in [0.25, 0.3) is 0 Å². The van der Waals surface area contributed by atoms with E-state index in [1.807, 2.05) is 34.6 Å². The molecule has 1 saturated heterocycles. The summed E-state index contributed by atoms with van der Waals surface area (Å²) in [6.07, 6.45) is 1.84. The SMILES string of the molecule is COC(=O)C(C)(C)[C@H]1CCCN(OC(=O)C(C)(C)C)C1. The molecule has 0 unspecified atom stereocenters. The lowest BCUT2D eigenvalue weighted by molar-refractivity contribution is -0.211. The molecule has 0 aliphatic carbocycles. The fourth-order valence-corrected chi connectivity index (χ4v) is 2.30. The molecule has 1 fully saturated rings. The van der Waals surface area contributed by atoms with E-state index in [1.165, 1.54) is 7.11 Å². The van der Waals surface area contributed by atoms with Gasteiger partial charge in [-0.1, -0.05) is 0 Å². The van der Waals surface area contributed by atoms with E-state index >= 15 is 0 Å². The smallest absolute Gasteiger partial charge is 0.330 e. The summed E-state index contributed by atoms with van der Waals surface area (Å²) >= 11 is 0. The van der Waals surface area contributed by atoms with Crippen LogP contribution in [0.3, 0.4) is 0 Å². The Morgan fingerprint density at radius 3 is 2.20 bits per heavy atom. The summed E-state index contributed by atoms with van der Waals surface area (Å²) in [4.78, 5) is 29.2. The molecule has 1 atom stereocenters. The van der Waals surface area contributed by atoms with Crippen LogP contribution in [-0.2, 0) is 19.2 Å². The van der Waals surface area contributed by atoms with Crippen molar-refractivity contribution in [3.63, 3.8) is 0 Å². The summed E-state index contributed by atoms with van der Waals surface area (Å²) in [6, 6.07) is 0. The first kappa shape index (κ1) is 17.0. The molecule has 1 aliphatic rings. The second kappa shape index (κ2) is 6.12. The Bertz CT molecular complexity index is 371. The van der Waals surface area contributed by atoms with Crippen molar-refractivity contribution in [1.29, 1.82) is 0 Å². The molecular weight excluding hydrogens is 258 g/mol. The molecule has 0 bridgehead atoms. The van der Waals surface area contributed by atoms with Crippen LogP contribution in [0.5, 0.6) is 0 Å². The van der Waals surface area contributed by atoms with Crippen molar-refractivity contribution in [1.82, 2.24) is 5.06 Å². The molecule has 0 aromatic carbocycles. The van der Waals surface area contributed by atoms with Gasteiger partial charge in [-0.15, -0.1) is 5.06 Å². The Morgan fingerprint density at radius 2 is 1.70 bits per heavy atom. The van der Waals surface area contributed by atoms with Gasteiger partial charge in [-0.2, -0.15) is 0 Å². The molecule has 1 aliphatic heterocycles. The van der Waals surface area contributed by atoms with Gasteiger partial charge in [0.1, 0.15) is 0 Å². The highest BCUT2D eigenvalue weighted by molar-refractivity contribution is 5.76. The van der Waals surface area contributed by atoms with Crippen molar-refractivity contribution in [2.45, 2.75) is 47.5 Å². The molecule has 5 nitrogen and oxygen atoms in total. The molecular formula is C15H27NO4. The van der Waals surface area contributed by atoms with Crippen LogP contribution in [0.25, 0.3) is 0 Å². The van der Waals surface area contributed by atoms with E-state index < -0.39 is 10.8 Å². The Labute approximate surface area is 121 Å². The van der Waals surface area contributed by atoms with Gasteiger partial charge in [0.2, 0.25) is 0 Å². The highest BCUT2D eigenvalue weighted by atomic mass is 16.7. The van der Waals surface area contributed by atoms with E-state index in [9.17, 15) is 9.59 Å². The van der Waals surface area contributed by atoms with Crippen molar-refractivity contribution in [3.8, 4) is 0 Å². The molecule has 116 valence electrons. The first-order valence-electron chi connectivity index (χ1n) is 7.14. The second-order valence-electron chi connectivity index (χ2n) is 7.07. The summed E-state index contributed by atoms with van der Waals surface area (Å²) in [6.45, 7) is 10.6. The van der Waals surface area contributed by atoms with E-state index in [-0.39, 0.29) is 17.9 Å². The summed E-state index contributed by atoms with van der Waals surface area (Å²) in [5.74, 6) is -0.336. The van der Waals surface area contributed by atoms with Gasteiger partial charge >= 0.3 is 11.9 Å². The summed E-state index contributed by atoms with van der Waals surface area (Å²) in [7, 11) is 1.41. The minimum absolute atomic E-state index is 0.122. The normalized spacial score (nSPS) is 21.4. The Kier molecular flexibility index (Phi) is 5.19. The minimum Gasteiger partial charge on any atom is -0.469 e. The number of rotatable bonds is 3. The Balaban J connectivity index is 2.68. The average molecular weight is 285 g/mol. The fraction of sp³-hybridized carbons (Fsp3) is 0.867. The molecule has 5 heteroatoms. The Morgan fingerprint density at radius 1 is 1.10 bits per heavy atom. The third-order valence-electron chi connectivity index (χ3n) is 3.94. The zero-order chi connectivity index (χ0) is 15.6. The van der Waals surface area contributed by atoms with Crippen LogP contribution in [0.15, 0.2) is 0 Å². The predicted octanol–water partition coefficient (Wildman–Crippen LogP) is 2.40. The standard InChI is InChI=1S/C15H27NO4/c1-14(2,3)12(17)20-16-9-7-8-11(10-16)15(4,5)13(18)19-6/h11H,7-10H2,1-6H3/t11-/m0/s1. The molecule has 1 rings (SSSR count). The predicted molar refractivity (Wildman–Crippen MR) is 75.6 cm³/mol. The average Bonchev–Trinajstić information content (AvgIpc) is 2.36. The number of methoxy groups -OCH3 is 1. The van der Waals surface area contributed by atoms with E-state index in [0.717, 1.165) is 19.4 Å². The lowest BCUT2D eigenvalue weighted by Crippen LogP contribution is -2.46. The van der Waals surface area contributed by atoms with Gasteiger partial charge in [-0.25, -0.2) is 4.79 Å². The zero-order valence-corrected chi connectivity index (χ0v) is 13.5. The molecule has 20 heavy (non-hydrogen) atoms. The van der Waals surface area contributed by atoms with Crippen LogP contribution in [0.2, 0.25) is 0 Å². The summed E-state index contributed by atoms with van der Waals surface area (Å²) in [5.41, 5.74) is -1.09. The van der Waals surface area contributed by atoms with Crippen LogP contribution in [0.4, 0.5) is 0 Å². The molecule has 1 heterocycles. The number of hydrogen-bond acceptors (Lipinski definition) is 5. The largest absolute Gasteiger partial charge is 0.469 e. The maximum absolute atomic E-state index is 11.9. The van der Waals surface area contributed by atoms with E-state index in [4.69, 9.17) is 9.57 Å². The maximum Gasteiger partial charge on any atom is 0.330 e. The number of carbonyl (C=O) groups is 2. The second-order valence-corrected chi connectivity index (χ2v) is 7.07. The molecule has 0 N–H and O–H groups in total. The highest BCUT2D eigenvalue weighted by Crippen LogP contribution is 2.35. The van der Waals surface area contributed by atoms with Crippen molar-refractivity contribution in [2.24, 2.45) is 16.7 Å². The lowest BCUT2D eigenvalue weighted by atomic mass is 9.75. The van der Waals surface area contributed by atoms with E-state index in [0.29, 0.717) is 6.54 Å². The molecule has 0 aromatic heterocycles. The van der Waals surface area contributed by atoms with Crippen LogP contribution in [0, 0.1) is 16.7 Å². The maximum atomic E-state index is 11.9. The third-order valence-corrected chi connectivity index (χ3v) is 3.94. The number of carbonyl (C=O) groups excluding carboxylic acids is 2. The number of hydrogen-bond donors (Lipinski definition) is 0. The van der Waals surface area contributed by atoms with Crippen molar-refractivity contribution < 1.29 is 19.2 Å². The van der Waals surface area contributed by atoms with Gasteiger partial charge in [-0.3, -0.25) is 4.79 Å². The Hall–Kier alpha value is -1.10. The highest BCUT2D eigenvalue weighted by Gasteiger charge is 2.41. The van der Waals surface area contributed by atoms with Gasteiger partial charge in [0.15, 0.2) is 0 Å². The van der Waals surface area contributed by atoms with Crippen LogP contribution >= 0.6 is 0 Å². The van der Waals surface area contributed by atoms with E-state index in [2.05, 4.69) is 0 Å². The quantitative estimate of drug-likeness (QED) is 0.745. The fourth-order valence-electron chi connectivity index (χ4n) is 2.30. The van der Waals surface area contributed by atoms with Gasteiger partial charge in [0, 0.05) is 13.1 Å². The third kappa shape index (κ3) is 3.95. The number of hydroxylamine groups is 2. The number of piperidine rings is 1. The van der Waals surface area contributed by atoms with Crippen molar-refractivity contribution in [2.75, 3.05) is 20.2 Å². The van der Waals surface area contributed by atoms with Gasteiger partial charge < -0.3 is 9.57 Å². The first-order valence-corrected chi connectivity index (χ1v) is 7.14. The number of ether oxygens (including phenoxy) is 1. The number of nitrogens with zero attached hydrogens (tertiary/aromatic N) is 1. The monoisotopic (exact) mass is 285 g/mol. The van der Waals surface area contributed by atoms with Crippen LogP contribution < -0.4 is 0 Å². The number of esters is 1. The topological polar surface area (TPSA) is 55.8 Å². The summed E-state index contributed by atoms with van der Waals surface area (Å²) in [5, 5.41) is 1.69. The van der Waals surface area contributed by atoms with E-state index in [1.54, 1.807) is 5.06 Å². The van der Waals surface area contributed by atoms with Crippen LogP contribution in [-0.4, -0.2) is 37.2 Å². The lowest BCUT2D eigenvalue weighted by Gasteiger charge is -2.39. The van der Waals surface area contributed by atoms with Crippen molar-refractivity contribution in [3.05, 3.63) is 0 Å². The van der Waals surface area contributed by atoms with Gasteiger partial charge in [-0.05, 0) is 53.4 Å². The first-order chi connectivity index (χ1) is 9.09. The van der Waals surface area contributed by atoms with Crippen LogP contribution in [0.1, 0.15) is 47.5 Å².